The monoisotopic (exact) mass is 515 g/mol. The topological polar surface area (TPSA) is 115 Å². The maximum Gasteiger partial charge on any atom is 0.311 e. The molecule has 9 heteroatoms. The summed E-state index contributed by atoms with van der Waals surface area (Å²) < 4.78 is 14.2. The van der Waals surface area contributed by atoms with Crippen LogP contribution in [0.2, 0.25) is 5.02 Å². The number of aromatic amines is 1. The third-order valence-electron chi connectivity index (χ3n) is 6.07. The van der Waals surface area contributed by atoms with Crippen molar-refractivity contribution in [1.29, 1.82) is 0 Å². The Kier molecular flexibility index (Phi) is 8.87. The number of aromatic nitrogens is 2. The second kappa shape index (κ2) is 11.7. The number of aliphatic hydroxyl groups excluding tert-OH is 1. The first-order chi connectivity index (χ1) is 17.0. The first kappa shape index (κ1) is 27.4. The lowest BCUT2D eigenvalue weighted by Crippen LogP contribution is -2.44. The SMILES string of the molecule is CC(C)Cc1cc(C(=O)N[C@H](Cc2ccc(-c3cc(Cl)ccc3F)cc2)CC(C)(CO)C(=O)O)[nH]n1. The molecule has 1 heterocycles. The molecule has 3 rings (SSSR count). The number of benzene rings is 2. The van der Waals surface area contributed by atoms with E-state index in [0.29, 0.717) is 34.9 Å². The second-order valence-electron chi connectivity index (χ2n) is 9.79. The number of H-pyrrole nitrogens is 1. The quantitative estimate of drug-likeness (QED) is 0.290. The summed E-state index contributed by atoms with van der Waals surface area (Å²) in [7, 11) is 0. The van der Waals surface area contributed by atoms with Crippen LogP contribution in [0.1, 0.15) is 48.9 Å². The lowest BCUT2D eigenvalue weighted by molar-refractivity contribution is -0.151. The fourth-order valence-electron chi connectivity index (χ4n) is 4.03. The molecule has 2 atom stereocenters. The smallest absolute Gasteiger partial charge is 0.311 e. The third-order valence-corrected chi connectivity index (χ3v) is 6.30. The van der Waals surface area contributed by atoms with Gasteiger partial charge >= 0.3 is 5.97 Å². The van der Waals surface area contributed by atoms with Gasteiger partial charge in [-0.2, -0.15) is 5.10 Å². The summed E-state index contributed by atoms with van der Waals surface area (Å²) in [4.78, 5) is 24.8. The van der Waals surface area contributed by atoms with E-state index in [1.807, 2.05) is 0 Å². The summed E-state index contributed by atoms with van der Waals surface area (Å²) in [5, 5.41) is 29.7. The van der Waals surface area contributed by atoms with Crippen LogP contribution in [-0.4, -0.2) is 44.9 Å². The molecule has 4 N–H and O–H groups in total. The minimum Gasteiger partial charge on any atom is -0.481 e. The van der Waals surface area contributed by atoms with Gasteiger partial charge in [0.15, 0.2) is 0 Å². The Balaban J connectivity index is 1.82. The molecule has 7 nitrogen and oxygen atoms in total. The third kappa shape index (κ3) is 6.92. The molecule has 0 spiro atoms. The molecule has 0 saturated heterocycles. The number of aliphatic hydroxyl groups is 1. The van der Waals surface area contributed by atoms with Crippen molar-refractivity contribution >= 4 is 23.5 Å². The number of hydrogen-bond acceptors (Lipinski definition) is 4. The van der Waals surface area contributed by atoms with Crippen LogP contribution in [0.25, 0.3) is 11.1 Å². The van der Waals surface area contributed by atoms with Gasteiger partial charge in [0.2, 0.25) is 0 Å². The van der Waals surface area contributed by atoms with Gasteiger partial charge in [-0.3, -0.25) is 14.7 Å². The van der Waals surface area contributed by atoms with E-state index in [9.17, 15) is 24.2 Å². The lowest BCUT2D eigenvalue weighted by atomic mass is 9.82. The van der Waals surface area contributed by atoms with Crippen LogP contribution in [0, 0.1) is 17.2 Å². The highest BCUT2D eigenvalue weighted by molar-refractivity contribution is 6.30. The van der Waals surface area contributed by atoms with Crippen molar-refractivity contribution in [2.45, 2.75) is 46.1 Å². The fourth-order valence-corrected chi connectivity index (χ4v) is 4.20. The number of amides is 1. The van der Waals surface area contributed by atoms with Crippen molar-refractivity contribution in [2.24, 2.45) is 11.3 Å². The zero-order chi connectivity index (χ0) is 26.5. The van der Waals surface area contributed by atoms with Crippen LogP contribution in [0.3, 0.4) is 0 Å². The highest BCUT2D eigenvalue weighted by Crippen LogP contribution is 2.28. The predicted molar refractivity (Wildman–Crippen MR) is 136 cm³/mol. The highest BCUT2D eigenvalue weighted by atomic mass is 35.5. The molecule has 0 bridgehead atoms. The van der Waals surface area contributed by atoms with E-state index in [1.165, 1.54) is 19.1 Å². The molecule has 0 aliphatic carbocycles. The van der Waals surface area contributed by atoms with Crippen molar-refractivity contribution in [3.8, 4) is 11.1 Å². The number of carboxylic acids is 1. The molecule has 1 amide bonds. The first-order valence-electron chi connectivity index (χ1n) is 11.7. The normalized spacial score (nSPS) is 13.9. The summed E-state index contributed by atoms with van der Waals surface area (Å²) in [6, 6.07) is 12.5. The number of hydrogen-bond donors (Lipinski definition) is 4. The standard InChI is InChI=1S/C27H31ClFN3O4/c1-16(2)10-20-13-24(32-31-20)25(34)30-21(14-27(3,15-33)26(35)36)11-17-4-6-18(7-5-17)22-12-19(28)8-9-23(22)29/h4-9,12-13,16,21,33H,10-11,14-15H2,1-3H3,(H,30,34)(H,31,32)(H,35,36)/t21-,27?/m1/s1. The number of nitrogens with zero attached hydrogens (tertiary/aromatic N) is 1. The molecule has 1 aromatic heterocycles. The van der Waals surface area contributed by atoms with Gasteiger partial charge in [-0.05, 0) is 67.5 Å². The van der Waals surface area contributed by atoms with Crippen LogP contribution in [0.5, 0.6) is 0 Å². The molecular weight excluding hydrogens is 485 g/mol. The van der Waals surface area contributed by atoms with Crippen molar-refractivity contribution in [2.75, 3.05) is 6.61 Å². The van der Waals surface area contributed by atoms with Gasteiger partial charge in [-0.25, -0.2) is 4.39 Å². The van der Waals surface area contributed by atoms with E-state index in [2.05, 4.69) is 29.4 Å². The molecule has 2 aromatic carbocycles. The van der Waals surface area contributed by atoms with Crippen molar-refractivity contribution in [1.82, 2.24) is 15.5 Å². The van der Waals surface area contributed by atoms with Gasteiger partial charge in [-0.1, -0.05) is 49.7 Å². The maximum absolute atomic E-state index is 14.2. The van der Waals surface area contributed by atoms with E-state index in [4.69, 9.17) is 11.6 Å². The van der Waals surface area contributed by atoms with Crippen molar-refractivity contribution < 1.29 is 24.2 Å². The van der Waals surface area contributed by atoms with Gasteiger partial charge < -0.3 is 15.5 Å². The van der Waals surface area contributed by atoms with Gasteiger partial charge in [0.05, 0.1) is 17.7 Å². The van der Waals surface area contributed by atoms with Crippen LogP contribution in [0.15, 0.2) is 48.5 Å². The molecule has 0 radical (unpaired) electrons. The summed E-state index contributed by atoms with van der Waals surface area (Å²) in [5.74, 6) is -1.59. The van der Waals surface area contributed by atoms with Crippen LogP contribution in [0.4, 0.5) is 4.39 Å². The molecule has 0 aliphatic heterocycles. The maximum atomic E-state index is 14.2. The summed E-state index contributed by atoms with van der Waals surface area (Å²) in [6.45, 7) is 4.97. The summed E-state index contributed by atoms with van der Waals surface area (Å²) in [6.07, 6.45) is 1.02. The Hall–Kier alpha value is -3.23. The minimum atomic E-state index is -1.45. The predicted octanol–water partition coefficient (Wildman–Crippen LogP) is 4.88. The summed E-state index contributed by atoms with van der Waals surface area (Å²) in [5.41, 5.74) is 1.42. The van der Waals surface area contributed by atoms with E-state index in [0.717, 1.165) is 11.3 Å². The van der Waals surface area contributed by atoms with E-state index >= 15 is 0 Å². The number of carbonyl (C=O) groups excluding carboxylic acids is 1. The molecule has 192 valence electrons. The number of aliphatic carboxylic acids is 1. The molecule has 0 saturated carbocycles. The van der Waals surface area contributed by atoms with Gasteiger partial charge in [-0.15, -0.1) is 0 Å². The zero-order valence-electron chi connectivity index (χ0n) is 20.5. The lowest BCUT2D eigenvalue weighted by Gasteiger charge is -2.28. The van der Waals surface area contributed by atoms with Gasteiger partial charge in [0.25, 0.3) is 5.91 Å². The largest absolute Gasteiger partial charge is 0.481 e. The number of halogens is 2. The first-order valence-corrected chi connectivity index (χ1v) is 12.1. The van der Waals surface area contributed by atoms with Crippen LogP contribution < -0.4 is 5.32 Å². The Morgan fingerprint density at radius 1 is 1.14 bits per heavy atom. The fraction of sp³-hybridized carbons (Fsp3) is 0.370. The second-order valence-corrected chi connectivity index (χ2v) is 10.2. The average Bonchev–Trinajstić information content (AvgIpc) is 3.29. The summed E-state index contributed by atoms with van der Waals surface area (Å²) >= 11 is 6.01. The Bertz CT molecular complexity index is 1210. The number of carboxylic acid groups (broad SMARTS) is 1. The van der Waals surface area contributed by atoms with Gasteiger partial charge in [0.1, 0.15) is 11.5 Å². The van der Waals surface area contributed by atoms with Crippen LogP contribution in [-0.2, 0) is 17.6 Å². The Morgan fingerprint density at radius 3 is 2.44 bits per heavy atom. The molecule has 3 aromatic rings. The molecule has 0 aliphatic rings. The molecule has 1 unspecified atom stereocenters. The number of nitrogens with one attached hydrogen (secondary N) is 2. The average molecular weight is 516 g/mol. The molecule has 0 fully saturated rings. The highest BCUT2D eigenvalue weighted by Gasteiger charge is 2.36. The van der Waals surface area contributed by atoms with Crippen molar-refractivity contribution in [3.05, 3.63) is 76.3 Å². The van der Waals surface area contributed by atoms with E-state index < -0.39 is 35.8 Å². The Labute approximate surface area is 214 Å². The van der Waals surface area contributed by atoms with Gasteiger partial charge in [0, 0.05) is 16.6 Å². The number of carbonyl (C=O) groups is 2. The number of rotatable bonds is 11. The van der Waals surface area contributed by atoms with Crippen molar-refractivity contribution in [3.63, 3.8) is 0 Å². The minimum absolute atomic E-state index is 0.00222. The van der Waals surface area contributed by atoms with E-state index in [-0.39, 0.29) is 12.1 Å². The Morgan fingerprint density at radius 2 is 1.83 bits per heavy atom. The zero-order valence-corrected chi connectivity index (χ0v) is 21.3. The van der Waals surface area contributed by atoms with E-state index in [1.54, 1.807) is 36.4 Å². The molecule has 36 heavy (non-hydrogen) atoms. The molecular formula is C27H31ClFN3O4. The van der Waals surface area contributed by atoms with Crippen LogP contribution >= 0.6 is 11.6 Å².